The number of ether oxygens (including phenoxy) is 1. The highest BCUT2D eigenvalue weighted by molar-refractivity contribution is 6.32. The maximum Gasteiger partial charge on any atom is 0.312 e. The van der Waals surface area contributed by atoms with Gasteiger partial charge < -0.3 is 9.84 Å². The van der Waals surface area contributed by atoms with Crippen LogP contribution in [0.25, 0.3) is 0 Å². The lowest BCUT2D eigenvalue weighted by molar-refractivity contribution is -0.385. The van der Waals surface area contributed by atoms with Crippen LogP contribution < -0.4 is 4.74 Å². The predicted octanol–water partition coefficient (Wildman–Crippen LogP) is 3.57. The topological polar surface area (TPSA) is 72.6 Å². The van der Waals surface area contributed by atoms with Gasteiger partial charge in [-0.05, 0) is 18.4 Å². The molecule has 1 aliphatic rings. The first-order chi connectivity index (χ1) is 9.58. The number of aliphatic hydroxyl groups is 1. The standard InChI is InChI=1S/C14H18ClNO4/c15-12-6-3-7-13(16(18)19)14(12)20-9-11(17)8-10-4-1-2-5-10/h3,6-7,10-11,17H,1-2,4-5,8-9H2. The molecule has 0 bridgehead atoms. The van der Waals surface area contributed by atoms with E-state index in [-0.39, 0.29) is 23.1 Å². The van der Waals surface area contributed by atoms with E-state index in [2.05, 4.69) is 0 Å². The van der Waals surface area contributed by atoms with Crippen LogP contribution in [0.2, 0.25) is 5.02 Å². The molecule has 20 heavy (non-hydrogen) atoms. The summed E-state index contributed by atoms with van der Waals surface area (Å²) in [6, 6.07) is 4.38. The highest BCUT2D eigenvalue weighted by atomic mass is 35.5. The smallest absolute Gasteiger partial charge is 0.312 e. The second kappa shape index (κ2) is 6.90. The fraction of sp³-hybridized carbons (Fsp3) is 0.571. The van der Waals surface area contributed by atoms with Crippen LogP contribution in [0.15, 0.2) is 18.2 Å². The number of nitro benzene ring substituents is 1. The first kappa shape index (κ1) is 15.1. The summed E-state index contributed by atoms with van der Waals surface area (Å²) in [5.41, 5.74) is -0.175. The molecule has 1 fully saturated rings. The van der Waals surface area contributed by atoms with E-state index < -0.39 is 11.0 Å². The summed E-state index contributed by atoms with van der Waals surface area (Å²) in [6.07, 6.45) is 4.78. The van der Waals surface area contributed by atoms with Crippen molar-refractivity contribution in [3.05, 3.63) is 33.3 Å². The van der Waals surface area contributed by atoms with Crippen LogP contribution in [-0.4, -0.2) is 22.7 Å². The van der Waals surface area contributed by atoms with Gasteiger partial charge in [0.25, 0.3) is 0 Å². The Bertz CT molecular complexity index is 474. The van der Waals surface area contributed by atoms with Crippen molar-refractivity contribution >= 4 is 17.3 Å². The predicted molar refractivity (Wildman–Crippen MR) is 76.2 cm³/mol. The third-order valence-corrected chi connectivity index (χ3v) is 3.94. The fourth-order valence-corrected chi connectivity index (χ4v) is 2.89. The average Bonchev–Trinajstić information content (AvgIpc) is 2.89. The molecule has 1 atom stereocenters. The number of rotatable bonds is 6. The molecule has 1 aromatic rings. The number of hydrogen-bond donors (Lipinski definition) is 1. The largest absolute Gasteiger partial charge is 0.483 e. The van der Waals surface area contributed by atoms with E-state index in [0.29, 0.717) is 12.3 Å². The molecule has 0 aromatic heterocycles. The minimum absolute atomic E-state index is 0.0288. The molecule has 5 nitrogen and oxygen atoms in total. The number of nitro groups is 1. The van der Waals surface area contributed by atoms with Gasteiger partial charge in [-0.15, -0.1) is 0 Å². The highest BCUT2D eigenvalue weighted by Gasteiger charge is 2.22. The van der Waals surface area contributed by atoms with Gasteiger partial charge in [0, 0.05) is 6.07 Å². The maximum atomic E-state index is 10.9. The molecule has 0 heterocycles. The molecule has 110 valence electrons. The van der Waals surface area contributed by atoms with Crippen molar-refractivity contribution in [2.24, 2.45) is 5.92 Å². The zero-order valence-corrected chi connectivity index (χ0v) is 11.9. The minimum atomic E-state index is -0.617. The zero-order valence-electron chi connectivity index (χ0n) is 11.1. The molecule has 2 rings (SSSR count). The van der Waals surface area contributed by atoms with E-state index in [1.54, 1.807) is 0 Å². The third-order valence-electron chi connectivity index (χ3n) is 3.64. The number of halogens is 1. The van der Waals surface area contributed by atoms with Crippen molar-refractivity contribution in [3.63, 3.8) is 0 Å². The van der Waals surface area contributed by atoms with Crippen molar-refractivity contribution in [1.82, 2.24) is 0 Å². The number of benzene rings is 1. The van der Waals surface area contributed by atoms with Crippen LogP contribution in [0.1, 0.15) is 32.1 Å². The molecule has 0 amide bonds. The molecule has 0 spiro atoms. The van der Waals surface area contributed by atoms with E-state index in [4.69, 9.17) is 16.3 Å². The van der Waals surface area contributed by atoms with E-state index in [9.17, 15) is 15.2 Å². The van der Waals surface area contributed by atoms with Crippen molar-refractivity contribution in [2.75, 3.05) is 6.61 Å². The van der Waals surface area contributed by atoms with Gasteiger partial charge in [0.2, 0.25) is 5.75 Å². The molecule has 1 unspecified atom stereocenters. The Labute approximate surface area is 122 Å². The first-order valence-corrected chi connectivity index (χ1v) is 7.19. The summed E-state index contributed by atoms with van der Waals surface area (Å²) in [5.74, 6) is 0.569. The molecular weight excluding hydrogens is 282 g/mol. The van der Waals surface area contributed by atoms with E-state index in [1.165, 1.54) is 31.0 Å². The van der Waals surface area contributed by atoms with Gasteiger partial charge in [-0.3, -0.25) is 10.1 Å². The van der Waals surface area contributed by atoms with Gasteiger partial charge in [-0.1, -0.05) is 43.4 Å². The lowest BCUT2D eigenvalue weighted by atomic mass is 10.0. The monoisotopic (exact) mass is 299 g/mol. The molecule has 1 aliphatic carbocycles. The second-order valence-corrected chi connectivity index (χ2v) is 5.60. The number of para-hydroxylation sites is 1. The Morgan fingerprint density at radius 1 is 1.45 bits per heavy atom. The second-order valence-electron chi connectivity index (χ2n) is 5.20. The molecular formula is C14H18ClNO4. The molecule has 1 saturated carbocycles. The van der Waals surface area contributed by atoms with Crippen molar-refractivity contribution < 1.29 is 14.8 Å². The minimum Gasteiger partial charge on any atom is -0.483 e. The summed E-state index contributed by atoms with van der Waals surface area (Å²) in [4.78, 5) is 10.4. The van der Waals surface area contributed by atoms with Gasteiger partial charge >= 0.3 is 5.69 Å². The van der Waals surface area contributed by atoms with Gasteiger partial charge in [0.1, 0.15) is 6.61 Å². The van der Waals surface area contributed by atoms with Crippen molar-refractivity contribution in [1.29, 1.82) is 0 Å². The molecule has 0 radical (unpaired) electrons. The Hall–Kier alpha value is -1.33. The first-order valence-electron chi connectivity index (χ1n) is 6.81. The van der Waals surface area contributed by atoms with Crippen LogP contribution in [0, 0.1) is 16.0 Å². The van der Waals surface area contributed by atoms with E-state index in [1.807, 2.05) is 0 Å². The SMILES string of the molecule is O=[N+]([O-])c1cccc(Cl)c1OCC(O)CC1CCCC1. The summed E-state index contributed by atoms with van der Waals surface area (Å²) >= 11 is 5.92. The van der Waals surface area contributed by atoms with Gasteiger partial charge in [-0.2, -0.15) is 0 Å². The Morgan fingerprint density at radius 3 is 2.80 bits per heavy atom. The summed E-state index contributed by atoms with van der Waals surface area (Å²) in [5, 5.41) is 21.0. The maximum absolute atomic E-state index is 10.9. The van der Waals surface area contributed by atoms with Crippen molar-refractivity contribution in [3.8, 4) is 5.75 Å². The lowest BCUT2D eigenvalue weighted by Crippen LogP contribution is -2.20. The summed E-state index contributed by atoms with van der Waals surface area (Å²) < 4.78 is 5.38. The van der Waals surface area contributed by atoms with Gasteiger partial charge in [-0.25, -0.2) is 0 Å². The van der Waals surface area contributed by atoms with E-state index >= 15 is 0 Å². The molecule has 0 aliphatic heterocycles. The highest BCUT2D eigenvalue weighted by Crippen LogP contribution is 2.35. The number of aliphatic hydroxyl groups excluding tert-OH is 1. The average molecular weight is 300 g/mol. The van der Waals surface area contributed by atoms with Crippen LogP contribution in [0.3, 0.4) is 0 Å². The Morgan fingerprint density at radius 2 is 2.15 bits per heavy atom. The van der Waals surface area contributed by atoms with Crippen LogP contribution in [0.4, 0.5) is 5.69 Å². The Balaban J connectivity index is 1.94. The number of nitrogens with zero attached hydrogens (tertiary/aromatic N) is 1. The molecule has 1 aromatic carbocycles. The van der Waals surface area contributed by atoms with Crippen LogP contribution in [-0.2, 0) is 0 Å². The Kier molecular flexibility index (Phi) is 5.20. The quantitative estimate of drug-likeness (QED) is 0.644. The summed E-state index contributed by atoms with van der Waals surface area (Å²) in [7, 11) is 0. The zero-order chi connectivity index (χ0) is 14.5. The van der Waals surface area contributed by atoms with Crippen molar-refractivity contribution in [2.45, 2.75) is 38.2 Å². The van der Waals surface area contributed by atoms with Crippen LogP contribution >= 0.6 is 11.6 Å². The van der Waals surface area contributed by atoms with Gasteiger partial charge in [0.05, 0.1) is 16.0 Å². The fourth-order valence-electron chi connectivity index (χ4n) is 2.66. The summed E-state index contributed by atoms with van der Waals surface area (Å²) in [6.45, 7) is 0.0288. The van der Waals surface area contributed by atoms with Crippen LogP contribution in [0.5, 0.6) is 5.75 Å². The molecule has 0 saturated heterocycles. The normalized spacial score (nSPS) is 17.1. The lowest BCUT2D eigenvalue weighted by Gasteiger charge is -2.16. The van der Waals surface area contributed by atoms with Gasteiger partial charge in [0.15, 0.2) is 0 Å². The van der Waals surface area contributed by atoms with E-state index in [0.717, 1.165) is 12.8 Å². The number of hydrogen-bond acceptors (Lipinski definition) is 4. The third kappa shape index (κ3) is 3.84. The molecule has 6 heteroatoms. The molecule has 1 N–H and O–H groups in total.